The molecule has 1 aromatic carbocycles. The number of rotatable bonds is 6. The van der Waals surface area contributed by atoms with E-state index in [0.29, 0.717) is 12.3 Å². The Bertz CT molecular complexity index is 449. The molecule has 0 aromatic heterocycles. The molecule has 2 unspecified atom stereocenters. The van der Waals surface area contributed by atoms with Gasteiger partial charge in [0.1, 0.15) is 6.10 Å². The molecule has 0 aliphatic heterocycles. The number of hydrogen-bond donors (Lipinski definition) is 0. The van der Waals surface area contributed by atoms with E-state index in [2.05, 4.69) is 6.92 Å². The fourth-order valence-electron chi connectivity index (χ4n) is 3.16. The second-order valence-corrected chi connectivity index (χ2v) is 6.54. The lowest BCUT2D eigenvalue weighted by Crippen LogP contribution is -2.26. The van der Waals surface area contributed by atoms with E-state index in [-0.39, 0.29) is 18.0 Å². The fourth-order valence-corrected chi connectivity index (χ4v) is 3.29. The highest BCUT2D eigenvalue weighted by atomic mass is 35.5. The summed E-state index contributed by atoms with van der Waals surface area (Å²) in [6.45, 7) is 3.99. The molecule has 21 heavy (non-hydrogen) atoms. The Morgan fingerprint density at radius 2 is 1.90 bits per heavy atom. The van der Waals surface area contributed by atoms with E-state index in [9.17, 15) is 4.79 Å². The van der Waals surface area contributed by atoms with Crippen molar-refractivity contribution >= 4 is 17.6 Å². The van der Waals surface area contributed by atoms with E-state index in [0.717, 1.165) is 11.4 Å². The highest BCUT2D eigenvalue weighted by Gasteiger charge is 2.27. The van der Waals surface area contributed by atoms with Gasteiger partial charge in [-0.2, -0.15) is 0 Å². The summed E-state index contributed by atoms with van der Waals surface area (Å²) in [6.07, 6.45) is 6.57. The van der Waals surface area contributed by atoms with Crippen LogP contribution < -0.4 is 0 Å². The lowest BCUT2D eigenvalue weighted by molar-refractivity contribution is -0.150. The molecular formula is C18H25ClO2. The van der Waals surface area contributed by atoms with E-state index >= 15 is 0 Å². The van der Waals surface area contributed by atoms with E-state index in [4.69, 9.17) is 16.3 Å². The third kappa shape index (κ3) is 4.74. The summed E-state index contributed by atoms with van der Waals surface area (Å²) in [5.74, 6) is 0.812. The molecule has 116 valence electrons. The third-order valence-electron chi connectivity index (χ3n) is 4.57. The number of halogens is 1. The molecule has 1 aliphatic carbocycles. The van der Waals surface area contributed by atoms with Crippen LogP contribution in [0, 0.1) is 5.92 Å². The Hall–Kier alpha value is -1.02. The van der Waals surface area contributed by atoms with Gasteiger partial charge in [-0.05, 0) is 30.0 Å². The Morgan fingerprint density at radius 3 is 2.48 bits per heavy atom. The van der Waals surface area contributed by atoms with Crippen molar-refractivity contribution in [1.29, 1.82) is 0 Å². The van der Waals surface area contributed by atoms with Gasteiger partial charge in [0.2, 0.25) is 0 Å². The zero-order chi connectivity index (χ0) is 15.2. The van der Waals surface area contributed by atoms with Crippen molar-refractivity contribution in [1.82, 2.24) is 0 Å². The quantitative estimate of drug-likeness (QED) is 0.662. The van der Waals surface area contributed by atoms with Crippen LogP contribution in [0.15, 0.2) is 24.3 Å². The monoisotopic (exact) mass is 308 g/mol. The lowest BCUT2D eigenvalue weighted by Gasteiger charge is -2.27. The van der Waals surface area contributed by atoms with Gasteiger partial charge in [0.15, 0.2) is 0 Å². The minimum atomic E-state index is -0.0983. The zero-order valence-electron chi connectivity index (χ0n) is 13.0. The van der Waals surface area contributed by atoms with Crippen molar-refractivity contribution in [3.8, 4) is 0 Å². The summed E-state index contributed by atoms with van der Waals surface area (Å²) in [5, 5.41) is 0.740. The van der Waals surface area contributed by atoms with Crippen molar-refractivity contribution in [3.05, 3.63) is 34.9 Å². The van der Waals surface area contributed by atoms with E-state index in [1.165, 1.54) is 31.2 Å². The molecule has 1 aliphatic rings. The van der Waals surface area contributed by atoms with Gasteiger partial charge in [-0.1, -0.05) is 63.3 Å². The van der Waals surface area contributed by atoms with Crippen LogP contribution in [0.2, 0.25) is 5.02 Å². The van der Waals surface area contributed by atoms with Crippen LogP contribution in [-0.4, -0.2) is 12.1 Å². The molecule has 1 saturated carbocycles. The SMILES string of the molecule is CCC(=O)OC(CC1CCCC1)C(C)c1ccc(Cl)cc1. The van der Waals surface area contributed by atoms with E-state index in [1.807, 2.05) is 31.2 Å². The van der Waals surface area contributed by atoms with E-state index < -0.39 is 0 Å². The molecule has 1 fully saturated rings. The molecule has 2 nitrogen and oxygen atoms in total. The first-order valence-electron chi connectivity index (χ1n) is 8.05. The maximum atomic E-state index is 11.7. The van der Waals surface area contributed by atoms with Crippen LogP contribution in [0.25, 0.3) is 0 Å². The highest BCUT2D eigenvalue weighted by Crippen LogP contribution is 2.34. The molecular weight excluding hydrogens is 284 g/mol. The minimum absolute atomic E-state index is 0.0262. The molecule has 0 amide bonds. The summed E-state index contributed by atoms with van der Waals surface area (Å²) < 4.78 is 5.74. The summed E-state index contributed by atoms with van der Waals surface area (Å²) >= 11 is 5.95. The first kappa shape index (κ1) is 16.4. The van der Waals surface area contributed by atoms with Crippen LogP contribution in [0.3, 0.4) is 0 Å². The summed E-state index contributed by atoms with van der Waals surface area (Å²) in [4.78, 5) is 11.7. The van der Waals surface area contributed by atoms with Crippen LogP contribution in [0.1, 0.15) is 63.9 Å². The number of ether oxygens (including phenoxy) is 1. The summed E-state index contributed by atoms with van der Waals surface area (Å²) in [7, 11) is 0. The van der Waals surface area contributed by atoms with Gasteiger partial charge in [-0.15, -0.1) is 0 Å². The van der Waals surface area contributed by atoms with Crippen molar-refractivity contribution in [2.75, 3.05) is 0 Å². The zero-order valence-corrected chi connectivity index (χ0v) is 13.7. The predicted octanol–water partition coefficient (Wildman–Crippen LogP) is 5.35. The molecule has 0 saturated heterocycles. The third-order valence-corrected chi connectivity index (χ3v) is 4.82. The topological polar surface area (TPSA) is 26.3 Å². The normalized spacial score (nSPS) is 18.4. The van der Waals surface area contributed by atoms with Crippen molar-refractivity contribution in [2.24, 2.45) is 5.92 Å². The minimum Gasteiger partial charge on any atom is -0.462 e. The number of hydrogen-bond acceptors (Lipinski definition) is 2. The number of benzene rings is 1. The van der Waals surface area contributed by atoms with Crippen LogP contribution in [0.5, 0.6) is 0 Å². The maximum Gasteiger partial charge on any atom is 0.305 e. The predicted molar refractivity (Wildman–Crippen MR) is 86.6 cm³/mol. The Balaban J connectivity index is 2.08. The number of carbonyl (C=O) groups excluding carboxylic acids is 1. The second-order valence-electron chi connectivity index (χ2n) is 6.11. The van der Waals surface area contributed by atoms with Gasteiger partial charge in [-0.25, -0.2) is 0 Å². The molecule has 0 heterocycles. The smallest absolute Gasteiger partial charge is 0.305 e. The van der Waals surface area contributed by atoms with Crippen LogP contribution in [0.4, 0.5) is 0 Å². The fraction of sp³-hybridized carbons (Fsp3) is 0.611. The van der Waals surface area contributed by atoms with Gasteiger partial charge >= 0.3 is 5.97 Å². The molecule has 2 rings (SSSR count). The molecule has 0 bridgehead atoms. The Kier molecular flexibility index (Phi) is 6.10. The summed E-state index contributed by atoms with van der Waals surface area (Å²) in [6, 6.07) is 7.88. The molecule has 0 radical (unpaired) electrons. The van der Waals surface area contributed by atoms with Gasteiger partial charge in [0.05, 0.1) is 0 Å². The van der Waals surface area contributed by atoms with E-state index in [1.54, 1.807) is 0 Å². The molecule has 0 N–H and O–H groups in total. The largest absolute Gasteiger partial charge is 0.462 e. The van der Waals surface area contributed by atoms with Crippen molar-refractivity contribution < 1.29 is 9.53 Å². The average Bonchev–Trinajstić information content (AvgIpc) is 2.99. The summed E-state index contributed by atoms with van der Waals surface area (Å²) in [5.41, 5.74) is 1.19. The van der Waals surface area contributed by atoms with Gasteiger partial charge < -0.3 is 4.74 Å². The highest BCUT2D eigenvalue weighted by molar-refractivity contribution is 6.30. The number of esters is 1. The van der Waals surface area contributed by atoms with Crippen molar-refractivity contribution in [2.45, 2.75) is 64.4 Å². The standard InChI is InChI=1S/C18H25ClO2/c1-3-18(20)21-17(12-14-6-4-5-7-14)13(2)15-8-10-16(19)11-9-15/h8-11,13-14,17H,3-7,12H2,1-2H3. The first-order valence-corrected chi connectivity index (χ1v) is 8.43. The molecule has 0 spiro atoms. The van der Waals surface area contributed by atoms with Crippen molar-refractivity contribution in [3.63, 3.8) is 0 Å². The molecule has 3 heteroatoms. The van der Waals surface area contributed by atoms with Crippen LogP contribution >= 0.6 is 11.6 Å². The lowest BCUT2D eigenvalue weighted by atomic mass is 9.88. The van der Waals surface area contributed by atoms with Gasteiger partial charge in [0, 0.05) is 17.4 Å². The molecule has 2 atom stereocenters. The van der Waals surface area contributed by atoms with Gasteiger partial charge in [0.25, 0.3) is 0 Å². The Labute approximate surface area is 132 Å². The maximum absolute atomic E-state index is 11.7. The average molecular weight is 309 g/mol. The number of carbonyl (C=O) groups is 1. The van der Waals surface area contributed by atoms with Gasteiger partial charge in [-0.3, -0.25) is 4.79 Å². The Morgan fingerprint density at radius 1 is 1.29 bits per heavy atom. The first-order chi connectivity index (χ1) is 10.1. The molecule has 1 aromatic rings. The van der Waals surface area contributed by atoms with Crippen LogP contribution in [-0.2, 0) is 9.53 Å². The second kappa shape index (κ2) is 7.84.